The molecule has 0 spiro atoms. The number of hydrogen-bond donors (Lipinski definition) is 2. The minimum atomic E-state index is 0.484. The maximum absolute atomic E-state index is 5.98. The molecule has 7 aromatic rings. The predicted octanol–water partition coefficient (Wildman–Crippen LogP) is 6.87. The van der Waals surface area contributed by atoms with E-state index in [1.807, 2.05) is 61.1 Å². The van der Waals surface area contributed by atoms with Crippen LogP contribution in [-0.4, -0.2) is 30.1 Å². The second-order valence-corrected chi connectivity index (χ2v) is 9.47. The molecular formula is C29H20N6OS. The molecule has 8 heteroatoms. The fourth-order valence-corrected chi connectivity index (χ4v) is 5.11. The van der Waals surface area contributed by atoms with Gasteiger partial charge in [-0.3, -0.25) is 15.1 Å². The van der Waals surface area contributed by atoms with Crippen molar-refractivity contribution in [2.75, 3.05) is 0 Å². The van der Waals surface area contributed by atoms with Crippen LogP contribution >= 0.6 is 11.3 Å². The topological polar surface area (TPSA) is 92.4 Å². The average Bonchev–Trinajstić information content (AvgIpc) is 3.71. The molecule has 0 fully saturated rings. The van der Waals surface area contributed by atoms with E-state index in [0.29, 0.717) is 12.4 Å². The summed E-state index contributed by atoms with van der Waals surface area (Å²) in [6.07, 6.45) is 7.20. The van der Waals surface area contributed by atoms with Gasteiger partial charge in [-0.05, 0) is 41.3 Å². The molecule has 1 aromatic carbocycles. The van der Waals surface area contributed by atoms with Crippen LogP contribution in [0.1, 0.15) is 5.56 Å². The Kier molecular flexibility index (Phi) is 5.22. The normalized spacial score (nSPS) is 11.4. The molecular weight excluding hydrogens is 480 g/mol. The van der Waals surface area contributed by atoms with Crippen LogP contribution in [0.4, 0.5) is 0 Å². The molecule has 0 unspecified atom stereocenters. The van der Waals surface area contributed by atoms with Crippen molar-refractivity contribution >= 4 is 33.3 Å². The zero-order valence-electron chi connectivity index (χ0n) is 19.6. The number of rotatable bonds is 6. The smallest absolute Gasteiger partial charge is 0.155 e. The summed E-state index contributed by atoms with van der Waals surface area (Å²) in [5.74, 6) is 0.706. The van der Waals surface area contributed by atoms with Crippen molar-refractivity contribution in [3.8, 4) is 39.5 Å². The van der Waals surface area contributed by atoms with E-state index < -0.39 is 0 Å². The number of aromatic nitrogens is 6. The lowest BCUT2D eigenvalue weighted by molar-refractivity contribution is 0.305. The van der Waals surface area contributed by atoms with Gasteiger partial charge in [0.25, 0.3) is 0 Å². The third-order valence-electron chi connectivity index (χ3n) is 6.31. The quantitative estimate of drug-likeness (QED) is 0.260. The van der Waals surface area contributed by atoms with Gasteiger partial charge in [-0.2, -0.15) is 16.4 Å². The lowest BCUT2D eigenvalue weighted by Gasteiger charge is -2.08. The summed E-state index contributed by atoms with van der Waals surface area (Å²) in [6, 6.07) is 20.3. The molecule has 178 valence electrons. The van der Waals surface area contributed by atoms with Crippen molar-refractivity contribution < 1.29 is 4.74 Å². The number of fused-ring (bicyclic) bond motifs is 2. The Morgan fingerprint density at radius 2 is 1.73 bits per heavy atom. The molecule has 0 saturated heterocycles. The van der Waals surface area contributed by atoms with Crippen LogP contribution in [0.15, 0.2) is 96.2 Å². The second-order valence-electron chi connectivity index (χ2n) is 8.69. The fourth-order valence-electron chi connectivity index (χ4n) is 4.47. The van der Waals surface area contributed by atoms with Crippen molar-refractivity contribution in [1.29, 1.82) is 0 Å². The number of benzene rings is 1. The summed E-state index contributed by atoms with van der Waals surface area (Å²) in [4.78, 5) is 17.2. The largest absolute Gasteiger partial charge is 0.487 e. The van der Waals surface area contributed by atoms with E-state index in [1.165, 1.54) is 0 Å². The molecule has 0 saturated carbocycles. The van der Waals surface area contributed by atoms with Gasteiger partial charge in [0.1, 0.15) is 18.1 Å². The Morgan fingerprint density at radius 3 is 2.62 bits per heavy atom. The highest BCUT2D eigenvalue weighted by Crippen LogP contribution is 2.34. The van der Waals surface area contributed by atoms with Gasteiger partial charge in [-0.15, -0.1) is 0 Å². The van der Waals surface area contributed by atoms with Crippen molar-refractivity contribution in [2.24, 2.45) is 0 Å². The number of hydrogen-bond acceptors (Lipinski definition) is 6. The highest BCUT2D eigenvalue weighted by atomic mass is 32.1. The van der Waals surface area contributed by atoms with Crippen molar-refractivity contribution in [2.45, 2.75) is 6.61 Å². The number of nitrogens with zero attached hydrogens (tertiary/aromatic N) is 4. The molecule has 0 aliphatic carbocycles. The van der Waals surface area contributed by atoms with Crippen molar-refractivity contribution in [3.05, 3.63) is 102 Å². The van der Waals surface area contributed by atoms with Crippen LogP contribution in [0.25, 0.3) is 55.7 Å². The molecule has 37 heavy (non-hydrogen) atoms. The first-order valence-electron chi connectivity index (χ1n) is 11.8. The summed E-state index contributed by atoms with van der Waals surface area (Å²) in [5.41, 5.74) is 8.48. The molecule has 0 aliphatic heterocycles. The molecule has 0 radical (unpaired) electrons. The van der Waals surface area contributed by atoms with Gasteiger partial charge in [0.15, 0.2) is 5.65 Å². The number of nitrogens with one attached hydrogen (secondary N) is 2. The first-order chi connectivity index (χ1) is 18.3. The van der Waals surface area contributed by atoms with E-state index in [-0.39, 0.29) is 0 Å². The first-order valence-corrected chi connectivity index (χ1v) is 12.7. The van der Waals surface area contributed by atoms with Gasteiger partial charge >= 0.3 is 0 Å². The highest BCUT2D eigenvalue weighted by molar-refractivity contribution is 7.08. The van der Waals surface area contributed by atoms with Gasteiger partial charge in [0.2, 0.25) is 0 Å². The zero-order valence-corrected chi connectivity index (χ0v) is 20.4. The van der Waals surface area contributed by atoms with E-state index in [1.54, 1.807) is 17.5 Å². The molecule has 2 N–H and O–H groups in total. The van der Waals surface area contributed by atoms with E-state index in [0.717, 1.165) is 61.3 Å². The van der Waals surface area contributed by atoms with Crippen LogP contribution in [0.3, 0.4) is 0 Å². The predicted molar refractivity (Wildman–Crippen MR) is 146 cm³/mol. The molecule has 0 bridgehead atoms. The Hall–Kier alpha value is -4.82. The van der Waals surface area contributed by atoms with E-state index >= 15 is 0 Å². The summed E-state index contributed by atoms with van der Waals surface area (Å²) in [6.45, 7) is 0.484. The highest BCUT2D eigenvalue weighted by Gasteiger charge is 2.16. The fraction of sp³-hybridized carbons (Fsp3) is 0.0345. The van der Waals surface area contributed by atoms with Crippen LogP contribution in [0.5, 0.6) is 5.75 Å². The SMILES string of the molecule is c1ccc(COc2cncc(-c3cnc4[nH]nc(-c5cc6c(-c7ccsc7)nccc6[nH]5)c4c3)c2)cc1. The van der Waals surface area contributed by atoms with Gasteiger partial charge in [-0.25, -0.2) is 4.98 Å². The Balaban J connectivity index is 1.24. The van der Waals surface area contributed by atoms with Gasteiger partial charge in [-0.1, -0.05) is 30.3 Å². The van der Waals surface area contributed by atoms with E-state index in [2.05, 4.69) is 59.1 Å². The van der Waals surface area contributed by atoms with Gasteiger partial charge in [0, 0.05) is 57.0 Å². The van der Waals surface area contributed by atoms with Crippen molar-refractivity contribution in [3.63, 3.8) is 0 Å². The van der Waals surface area contributed by atoms with Crippen molar-refractivity contribution in [1.82, 2.24) is 30.1 Å². The molecule has 0 aliphatic rings. The summed E-state index contributed by atoms with van der Waals surface area (Å²) in [7, 11) is 0. The van der Waals surface area contributed by atoms with Gasteiger partial charge < -0.3 is 9.72 Å². The average molecular weight is 501 g/mol. The Morgan fingerprint density at radius 1 is 0.811 bits per heavy atom. The number of aromatic amines is 2. The summed E-state index contributed by atoms with van der Waals surface area (Å²) in [5, 5.41) is 13.8. The standard InChI is InChI=1S/C29H20N6OS/c1-2-4-18(5-3-1)16-36-22-10-20(13-30-15-22)21-11-24-28(34-35-29(24)32-14-21)26-12-23-25(33-26)6-8-31-27(23)19-7-9-37-17-19/h1-15,17,33H,16H2,(H,32,34,35). The second kappa shape index (κ2) is 9.00. The minimum Gasteiger partial charge on any atom is -0.487 e. The van der Waals surface area contributed by atoms with Crippen LogP contribution in [0, 0.1) is 0 Å². The third-order valence-corrected chi connectivity index (χ3v) is 6.99. The molecule has 6 heterocycles. The maximum atomic E-state index is 5.98. The molecule has 7 rings (SSSR count). The molecule has 0 atom stereocenters. The molecule has 7 nitrogen and oxygen atoms in total. The van der Waals surface area contributed by atoms with Crippen LogP contribution in [-0.2, 0) is 6.61 Å². The first kappa shape index (κ1) is 21.5. The minimum absolute atomic E-state index is 0.484. The lowest BCUT2D eigenvalue weighted by atomic mass is 10.1. The van der Waals surface area contributed by atoms with Gasteiger partial charge in [0.05, 0.1) is 17.6 Å². The monoisotopic (exact) mass is 500 g/mol. The van der Waals surface area contributed by atoms with E-state index in [4.69, 9.17) is 4.74 Å². The number of ether oxygens (including phenoxy) is 1. The molecule has 0 amide bonds. The Labute approximate surface area is 215 Å². The number of thiophene rings is 1. The lowest BCUT2D eigenvalue weighted by Crippen LogP contribution is -1.96. The van der Waals surface area contributed by atoms with Crippen LogP contribution in [0.2, 0.25) is 0 Å². The molecule has 6 aromatic heterocycles. The van der Waals surface area contributed by atoms with Crippen LogP contribution < -0.4 is 4.74 Å². The third kappa shape index (κ3) is 4.03. The van der Waals surface area contributed by atoms with E-state index in [9.17, 15) is 0 Å². The Bertz CT molecular complexity index is 1840. The number of pyridine rings is 3. The zero-order chi connectivity index (χ0) is 24.6. The summed E-state index contributed by atoms with van der Waals surface area (Å²) < 4.78 is 5.98. The summed E-state index contributed by atoms with van der Waals surface area (Å²) >= 11 is 1.66. The number of H-pyrrole nitrogens is 2. The maximum Gasteiger partial charge on any atom is 0.155 e.